The van der Waals surface area contributed by atoms with Crippen molar-refractivity contribution in [1.29, 1.82) is 0 Å². The molecule has 0 radical (unpaired) electrons. The molecule has 0 unspecified atom stereocenters. The predicted molar refractivity (Wildman–Crippen MR) is 122 cm³/mol. The quantitative estimate of drug-likeness (QED) is 0.660. The van der Waals surface area contributed by atoms with E-state index in [9.17, 15) is 18.3 Å². The maximum absolute atomic E-state index is 13.1. The molecule has 2 aromatic rings. The Labute approximate surface area is 195 Å². The molecule has 1 aliphatic heterocycles. The average Bonchev–Trinajstić information content (AvgIpc) is 3.26. The van der Waals surface area contributed by atoms with Crippen LogP contribution in [0.1, 0.15) is 32.4 Å². The van der Waals surface area contributed by atoms with E-state index in [0.717, 1.165) is 5.69 Å². The largest absolute Gasteiger partial charge is 0.394 e. The number of ether oxygens (including phenoxy) is 1. The number of likely N-dealkylation sites (N-methyl/N-ethyl adjacent to an activating group) is 1. The molecule has 2 heterocycles. The van der Waals surface area contributed by atoms with Crippen LogP contribution in [0.2, 0.25) is 0 Å². The van der Waals surface area contributed by atoms with Crippen molar-refractivity contribution in [2.45, 2.75) is 56.9 Å². The molecule has 3 rings (SSSR count). The van der Waals surface area contributed by atoms with Crippen LogP contribution in [-0.4, -0.2) is 82.5 Å². The number of rotatable bonds is 6. The molecule has 0 fully saturated rings. The molecule has 182 valence electrons. The lowest BCUT2D eigenvalue weighted by Gasteiger charge is -2.35. The van der Waals surface area contributed by atoms with Gasteiger partial charge in [0.1, 0.15) is 0 Å². The van der Waals surface area contributed by atoms with Crippen LogP contribution >= 0.6 is 0 Å². The highest BCUT2D eigenvalue weighted by atomic mass is 32.2. The Balaban J connectivity index is 1.86. The molecule has 1 N–H and O–H groups in total. The van der Waals surface area contributed by atoms with Crippen LogP contribution in [0, 0.1) is 5.92 Å². The van der Waals surface area contributed by atoms with Gasteiger partial charge in [-0.2, -0.15) is 4.31 Å². The van der Waals surface area contributed by atoms with Crippen LogP contribution in [0.25, 0.3) is 0 Å². The zero-order chi connectivity index (χ0) is 24.0. The average molecular weight is 480 g/mol. The highest BCUT2D eigenvalue weighted by Gasteiger charge is 2.31. The summed E-state index contributed by atoms with van der Waals surface area (Å²) >= 11 is 0. The van der Waals surface area contributed by atoms with E-state index < -0.39 is 16.1 Å². The summed E-state index contributed by atoms with van der Waals surface area (Å²) in [6, 6.07) is 7.90. The minimum atomic E-state index is -3.70. The maximum atomic E-state index is 13.1. The molecule has 1 amide bonds. The number of aromatic nitrogens is 3. The lowest BCUT2D eigenvalue weighted by atomic mass is 10.0. The molecule has 11 heteroatoms. The standard InChI is InChI=1S/C22H33N5O5S/c1-17-13-26(18(2)15-28)22(29)10-7-11-27-19(12-23-24-27)16-32-21(17)14-25(3)33(30,31)20-8-5-4-6-9-20/h4-6,8-9,12,17-18,21,28H,7,10-11,13-16H2,1-3H3/t17-,18-,21+/m0/s1. The van der Waals surface area contributed by atoms with Gasteiger partial charge in [0.05, 0.1) is 42.1 Å². The number of carbonyl (C=O) groups excluding carboxylic acids is 1. The summed E-state index contributed by atoms with van der Waals surface area (Å²) in [5.41, 5.74) is 0.773. The second-order valence-corrected chi connectivity index (χ2v) is 10.6. The highest BCUT2D eigenvalue weighted by Crippen LogP contribution is 2.21. The normalized spacial score (nSPS) is 21.8. The predicted octanol–water partition coefficient (Wildman–Crippen LogP) is 1.12. The van der Waals surface area contributed by atoms with Crippen LogP contribution in [0.15, 0.2) is 41.4 Å². The minimum Gasteiger partial charge on any atom is -0.394 e. The van der Waals surface area contributed by atoms with Crippen molar-refractivity contribution in [2.24, 2.45) is 5.92 Å². The van der Waals surface area contributed by atoms with E-state index in [1.54, 1.807) is 53.0 Å². The van der Waals surface area contributed by atoms with E-state index in [1.165, 1.54) is 11.4 Å². The first kappa shape index (κ1) is 25.3. The number of amides is 1. The van der Waals surface area contributed by atoms with Gasteiger partial charge in [-0.1, -0.05) is 30.3 Å². The second kappa shape index (κ2) is 11.2. The van der Waals surface area contributed by atoms with Crippen molar-refractivity contribution in [2.75, 3.05) is 26.7 Å². The lowest BCUT2D eigenvalue weighted by molar-refractivity contribution is -0.136. The lowest BCUT2D eigenvalue weighted by Crippen LogP contribution is -2.47. The van der Waals surface area contributed by atoms with E-state index in [4.69, 9.17) is 4.74 Å². The molecule has 0 spiro atoms. The van der Waals surface area contributed by atoms with Gasteiger partial charge < -0.3 is 14.7 Å². The highest BCUT2D eigenvalue weighted by molar-refractivity contribution is 7.89. The van der Waals surface area contributed by atoms with Gasteiger partial charge in [-0.25, -0.2) is 13.1 Å². The summed E-state index contributed by atoms with van der Waals surface area (Å²) in [7, 11) is -2.18. The summed E-state index contributed by atoms with van der Waals surface area (Å²) in [6.45, 7) is 4.78. The number of aliphatic hydroxyl groups excluding tert-OH is 1. The fraction of sp³-hybridized carbons (Fsp3) is 0.591. The Morgan fingerprint density at radius 3 is 2.73 bits per heavy atom. The number of hydrogen-bond acceptors (Lipinski definition) is 7. The molecule has 1 aliphatic rings. The number of aryl methyl sites for hydroxylation is 1. The van der Waals surface area contributed by atoms with Crippen LogP contribution in [0.5, 0.6) is 0 Å². The molecule has 33 heavy (non-hydrogen) atoms. The van der Waals surface area contributed by atoms with Gasteiger partial charge >= 0.3 is 0 Å². The Bertz CT molecular complexity index is 1010. The number of hydrogen-bond donors (Lipinski definition) is 1. The van der Waals surface area contributed by atoms with Crippen LogP contribution in [0.4, 0.5) is 0 Å². The zero-order valence-electron chi connectivity index (χ0n) is 19.4. The number of aliphatic hydroxyl groups is 1. The molecule has 0 saturated heterocycles. The summed E-state index contributed by atoms with van der Waals surface area (Å²) in [4.78, 5) is 14.8. The van der Waals surface area contributed by atoms with Crippen LogP contribution in [-0.2, 0) is 32.7 Å². The van der Waals surface area contributed by atoms with Crippen molar-refractivity contribution < 1.29 is 23.1 Å². The summed E-state index contributed by atoms with van der Waals surface area (Å²) in [6.07, 6.45) is 2.04. The first-order chi connectivity index (χ1) is 15.7. The van der Waals surface area contributed by atoms with E-state index >= 15 is 0 Å². The van der Waals surface area contributed by atoms with Crippen molar-refractivity contribution in [1.82, 2.24) is 24.2 Å². The van der Waals surface area contributed by atoms with Gasteiger partial charge in [-0.15, -0.1) is 5.10 Å². The number of benzene rings is 1. The van der Waals surface area contributed by atoms with Gasteiger partial charge in [-0.05, 0) is 25.5 Å². The summed E-state index contributed by atoms with van der Waals surface area (Å²) in [5, 5.41) is 17.7. The second-order valence-electron chi connectivity index (χ2n) is 8.56. The zero-order valence-corrected chi connectivity index (χ0v) is 20.2. The van der Waals surface area contributed by atoms with Crippen molar-refractivity contribution >= 4 is 15.9 Å². The van der Waals surface area contributed by atoms with Crippen LogP contribution in [0.3, 0.4) is 0 Å². The fourth-order valence-electron chi connectivity index (χ4n) is 3.87. The fourth-order valence-corrected chi connectivity index (χ4v) is 5.07. The Kier molecular flexibility index (Phi) is 8.57. The van der Waals surface area contributed by atoms with Gasteiger partial charge in [0, 0.05) is 39.0 Å². The molecule has 3 atom stereocenters. The Hall–Kier alpha value is -2.34. The number of nitrogens with zero attached hydrogens (tertiary/aromatic N) is 5. The van der Waals surface area contributed by atoms with Gasteiger partial charge in [0.15, 0.2) is 0 Å². The number of fused-ring (bicyclic) bond motifs is 1. The molecular weight excluding hydrogens is 446 g/mol. The van der Waals surface area contributed by atoms with Gasteiger partial charge in [0.25, 0.3) is 0 Å². The van der Waals surface area contributed by atoms with Crippen molar-refractivity contribution in [3.05, 3.63) is 42.2 Å². The molecular formula is C22H33N5O5S. The smallest absolute Gasteiger partial charge is 0.242 e. The topological polar surface area (TPSA) is 118 Å². The molecule has 1 aromatic carbocycles. The number of carbonyl (C=O) groups is 1. The van der Waals surface area contributed by atoms with E-state index in [2.05, 4.69) is 10.3 Å². The van der Waals surface area contributed by atoms with Crippen molar-refractivity contribution in [3.8, 4) is 0 Å². The molecule has 0 saturated carbocycles. The Morgan fingerprint density at radius 2 is 2.03 bits per heavy atom. The number of sulfonamides is 1. The molecule has 10 nitrogen and oxygen atoms in total. The van der Waals surface area contributed by atoms with E-state index in [1.807, 2.05) is 6.92 Å². The first-order valence-electron chi connectivity index (χ1n) is 11.1. The van der Waals surface area contributed by atoms with Gasteiger partial charge in [0.2, 0.25) is 15.9 Å². The maximum Gasteiger partial charge on any atom is 0.242 e. The first-order valence-corrected chi connectivity index (χ1v) is 12.6. The SMILES string of the molecule is C[C@H]1CN([C@@H](C)CO)C(=O)CCCn2nncc2CO[C@@H]1CN(C)S(=O)(=O)c1ccccc1. The third-order valence-electron chi connectivity index (χ3n) is 6.03. The molecule has 0 bridgehead atoms. The summed E-state index contributed by atoms with van der Waals surface area (Å²) in [5.74, 6) is -0.255. The monoisotopic (exact) mass is 479 g/mol. The van der Waals surface area contributed by atoms with Crippen LogP contribution < -0.4 is 0 Å². The van der Waals surface area contributed by atoms with E-state index in [-0.39, 0.29) is 42.5 Å². The third-order valence-corrected chi connectivity index (χ3v) is 7.87. The molecule has 0 aliphatic carbocycles. The minimum absolute atomic E-state index is 0.0605. The summed E-state index contributed by atoms with van der Waals surface area (Å²) < 4.78 is 35.3. The van der Waals surface area contributed by atoms with Crippen molar-refractivity contribution in [3.63, 3.8) is 0 Å². The van der Waals surface area contributed by atoms with E-state index in [0.29, 0.717) is 25.9 Å². The van der Waals surface area contributed by atoms with Gasteiger partial charge in [-0.3, -0.25) is 4.79 Å². The Morgan fingerprint density at radius 1 is 1.30 bits per heavy atom. The third kappa shape index (κ3) is 6.17. The molecule has 1 aromatic heterocycles.